The number of carbonyl (C=O) groups excluding carboxylic acids is 2. The van der Waals surface area contributed by atoms with Crippen LogP contribution in [0.4, 0.5) is 0 Å². The lowest BCUT2D eigenvalue weighted by atomic mass is 10.2. The molecule has 25 heavy (non-hydrogen) atoms. The van der Waals surface area contributed by atoms with Crippen molar-refractivity contribution in [2.75, 3.05) is 13.2 Å². The molecule has 2 rings (SSSR count). The molecule has 0 aliphatic heterocycles. The van der Waals surface area contributed by atoms with Crippen LogP contribution in [-0.4, -0.2) is 25.0 Å². The number of halogens is 1. The number of nitrogens with one attached hydrogen (secondary N) is 2. The Labute approximate surface area is 154 Å². The van der Waals surface area contributed by atoms with Gasteiger partial charge in [0.05, 0.1) is 12.2 Å². The van der Waals surface area contributed by atoms with Crippen molar-refractivity contribution in [3.05, 3.63) is 58.1 Å². The molecule has 0 aliphatic carbocycles. The summed E-state index contributed by atoms with van der Waals surface area (Å²) in [5.41, 5.74) is 6.01. The summed E-state index contributed by atoms with van der Waals surface area (Å²) in [4.78, 5) is 24.0. The lowest BCUT2D eigenvalue weighted by molar-refractivity contribution is -0.123. The Bertz CT molecular complexity index is 764. The number of carbonyl (C=O) groups is 2. The summed E-state index contributed by atoms with van der Waals surface area (Å²) >= 11 is 3.40. The highest BCUT2D eigenvalue weighted by molar-refractivity contribution is 9.10. The quantitative estimate of drug-likeness (QED) is 0.722. The van der Waals surface area contributed by atoms with Gasteiger partial charge in [0.25, 0.3) is 11.8 Å². The minimum atomic E-state index is -0.470. The minimum Gasteiger partial charge on any atom is -0.493 e. The van der Waals surface area contributed by atoms with Crippen LogP contribution in [0.3, 0.4) is 0 Å². The van der Waals surface area contributed by atoms with Gasteiger partial charge in [-0.2, -0.15) is 0 Å². The van der Waals surface area contributed by atoms with Gasteiger partial charge in [-0.05, 0) is 49.7 Å². The fourth-order valence-electron chi connectivity index (χ4n) is 2.02. The van der Waals surface area contributed by atoms with Gasteiger partial charge in [0.2, 0.25) is 0 Å². The summed E-state index contributed by atoms with van der Waals surface area (Å²) in [5, 5.41) is 0. The van der Waals surface area contributed by atoms with Crippen LogP contribution in [0, 0.1) is 6.92 Å². The Morgan fingerprint density at radius 2 is 1.84 bits per heavy atom. The van der Waals surface area contributed by atoms with E-state index in [0.717, 1.165) is 10.0 Å². The van der Waals surface area contributed by atoms with Crippen LogP contribution in [-0.2, 0) is 4.79 Å². The van der Waals surface area contributed by atoms with Gasteiger partial charge in [-0.1, -0.05) is 28.1 Å². The van der Waals surface area contributed by atoms with Crippen molar-refractivity contribution >= 4 is 27.7 Å². The SMILES string of the molecule is CCOc1ccccc1C(=O)NNC(=O)COc1ccc(Br)c(C)c1. The molecular weight excluding hydrogens is 388 g/mol. The number of amides is 2. The van der Waals surface area contributed by atoms with E-state index in [-0.39, 0.29) is 6.61 Å². The largest absolute Gasteiger partial charge is 0.493 e. The van der Waals surface area contributed by atoms with E-state index in [1.165, 1.54) is 0 Å². The number of aryl methyl sites for hydroxylation is 1. The van der Waals surface area contributed by atoms with E-state index in [9.17, 15) is 9.59 Å². The maximum Gasteiger partial charge on any atom is 0.276 e. The predicted molar refractivity (Wildman–Crippen MR) is 97.6 cm³/mol. The van der Waals surface area contributed by atoms with Crippen molar-refractivity contribution in [2.45, 2.75) is 13.8 Å². The zero-order valence-corrected chi connectivity index (χ0v) is 15.6. The highest BCUT2D eigenvalue weighted by atomic mass is 79.9. The standard InChI is InChI=1S/C18H19BrN2O4/c1-3-24-16-7-5-4-6-14(16)18(23)21-20-17(22)11-25-13-8-9-15(19)12(2)10-13/h4-10H,3,11H2,1-2H3,(H,20,22)(H,21,23). The molecule has 0 aromatic heterocycles. The number of hydrogen-bond acceptors (Lipinski definition) is 4. The molecule has 6 nitrogen and oxygen atoms in total. The first kappa shape index (κ1) is 18.8. The van der Waals surface area contributed by atoms with Gasteiger partial charge in [0.15, 0.2) is 6.61 Å². The predicted octanol–water partition coefficient (Wildman–Crippen LogP) is 3.00. The molecule has 0 atom stereocenters. The van der Waals surface area contributed by atoms with Crippen LogP contribution in [0.2, 0.25) is 0 Å². The van der Waals surface area contributed by atoms with Gasteiger partial charge < -0.3 is 9.47 Å². The van der Waals surface area contributed by atoms with E-state index in [1.807, 2.05) is 26.0 Å². The Balaban J connectivity index is 1.85. The van der Waals surface area contributed by atoms with Gasteiger partial charge >= 0.3 is 0 Å². The lowest BCUT2D eigenvalue weighted by Gasteiger charge is -2.12. The van der Waals surface area contributed by atoms with Gasteiger partial charge in [0, 0.05) is 4.47 Å². The molecule has 0 radical (unpaired) electrons. The molecule has 0 saturated carbocycles. The third-order valence-corrected chi connectivity index (χ3v) is 4.14. The number of hydrogen-bond donors (Lipinski definition) is 2. The summed E-state index contributed by atoms with van der Waals surface area (Å²) in [6.07, 6.45) is 0. The summed E-state index contributed by atoms with van der Waals surface area (Å²) in [6.45, 7) is 3.98. The molecule has 2 aromatic carbocycles. The zero-order chi connectivity index (χ0) is 18.2. The average Bonchev–Trinajstić information content (AvgIpc) is 2.61. The van der Waals surface area contributed by atoms with Crippen molar-refractivity contribution in [2.24, 2.45) is 0 Å². The molecule has 0 spiro atoms. The van der Waals surface area contributed by atoms with Gasteiger partial charge in [-0.25, -0.2) is 0 Å². The van der Waals surface area contributed by atoms with Gasteiger partial charge in [0.1, 0.15) is 11.5 Å². The molecule has 0 bridgehead atoms. The van der Waals surface area contributed by atoms with Crippen molar-refractivity contribution in [3.63, 3.8) is 0 Å². The van der Waals surface area contributed by atoms with Crippen molar-refractivity contribution in [1.82, 2.24) is 10.9 Å². The average molecular weight is 407 g/mol. The van der Waals surface area contributed by atoms with E-state index >= 15 is 0 Å². The summed E-state index contributed by atoms with van der Waals surface area (Å²) in [6, 6.07) is 12.2. The summed E-state index contributed by atoms with van der Waals surface area (Å²) in [5.74, 6) is 0.0990. The molecule has 2 amide bonds. The fraction of sp³-hybridized carbons (Fsp3) is 0.222. The highest BCUT2D eigenvalue weighted by Crippen LogP contribution is 2.21. The molecule has 132 valence electrons. The molecule has 7 heteroatoms. The number of benzene rings is 2. The van der Waals surface area contributed by atoms with Crippen molar-refractivity contribution in [1.29, 1.82) is 0 Å². The van der Waals surface area contributed by atoms with Crippen LogP contribution in [0.15, 0.2) is 46.9 Å². The van der Waals surface area contributed by atoms with E-state index in [0.29, 0.717) is 23.7 Å². The molecule has 0 aliphatic rings. The van der Waals surface area contributed by atoms with Gasteiger partial charge in [-0.3, -0.25) is 20.4 Å². The number of hydrazine groups is 1. The third kappa shape index (κ3) is 5.49. The molecule has 0 fully saturated rings. The lowest BCUT2D eigenvalue weighted by Crippen LogP contribution is -2.43. The maximum atomic E-state index is 12.1. The number of ether oxygens (including phenoxy) is 2. The molecular formula is C18H19BrN2O4. The second kappa shape index (κ2) is 9.08. The first-order valence-electron chi connectivity index (χ1n) is 7.71. The van der Waals surface area contributed by atoms with E-state index in [1.54, 1.807) is 30.3 Å². The molecule has 0 unspecified atom stereocenters. The monoisotopic (exact) mass is 406 g/mol. The smallest absolute Gasteiger partial charge is 0.276 e. The van der Waals surface area contributed by atoms with Gasteiger partial charge in [-0.15, -0.1) is 0 Å². The second-order valence-corrected chi connectivity index (χ2v) is 5.99. The molecule has 2 aromatic rings. The Morgan fingerprint density at radius 1 is 1.08 bits per heavy atom. The van der Waals surface area contributed by atoms with Crippen LogP contribution in [0.5, 0.6) is 11.5 Å². The minimum absolute atomic E-state index is 0.214. The first-order chi connectivity index (χ1) is 12.0. The summed E-state index contributed by atoms with van der Waals surface area (Å²) in [7, 11) is 0. The van der Waals surface area contributed by atoms with E-state index < -0.39 is 11.8 Å². The second-order valence-electron chi connectivity index (χ2n) is 5.13. The Kier molecular flexibility index (Phi) is 6.82. The highest BCUT2D eigenvalue weighted by Gasteiger charge is 2.13. The first-order valence-corrected chi connectivity index (χ1v) is 8.50. The fourth-order valence-corrected chi connectivity index (χ4v) is 2.27. The number of para-hydroxylation sites is 1. The number of rotatable bonds is 6. The molecule has 0 saturated heterocycles. The van der Waals surface area contributed by atoms with Crippen LogP contribution < -0.4 is 20.3 Å². The van der Waals surface area contributed by atoms with E-state index in [4.69, 9.17) is 9.47 Å². The Hall–Kier alpha value is -2.54. The van der Waals surface area contributed by atoms with Crippen molar-refractivity contribution < 1.29 is 19.1 Å². The van der Waals surface area contributed by atoms with Crippen LogP contribution in [0.1, 0.15) is 22.8 Å². The van der Waals surface area contributed by atoms with Crippen molar-refractivity contribution in [3.8, 4) is 11.5 Å². The topological polar surface area (TPSA) is 76.7 Å². The zero-order valence-electron chi connectivity index (χ0n) is 14.0. The molecule has 2 N–H and O–H groups in total. The van der Waals surface area contributed by atoms with Crippen LogP contribution >= 0.6 is 15.9 Å². The Morgan fingerprint density at radius 3 is 2.56 bits per heavy atom. The summed E-state index contributed by atoms with van der Waals surface area (Å²) < 4.78 is 11.7. The normalized spacial score (nSPS) is 10.0. The molecule has 0 heterocycles. The van der Waals surface area contributed by atoms with E-state index in [2.05, 4.69) is 26.8 Å². The van der Waals surface area contributed by atoms with Crippen LogP contribution in [0.25, 0.3) is 0 Å². The third-order valence-electron chi connectivity index (χ3n) is 3.25. The maximum absolute atomic E-state index is 12.1.